The molecule has 0 spiro atoms. The van der Waals surface area contributed by atoms with Gasteiger partial charge in [-0.2, -0.15) is 5.26 Å². The number of rotatable bonds is 2. The van der Waals surface area contributed by atoms with E-state index in [0.717, 1.165) is 6.42 Å². The van der Waals surface area contributed by atoms with E-state index in [2.05, 4.69) is 26.2 Å². The molecule has 34 heavy (non-hydrogen) atoms. The SMILES string of the molecule is CC(C)(C)OC(=O)N1CC2CC1C2N1CC(=O)Nc2cnc3c(F)c(Br)c(/C=C/C#N)cc3c21. The first-order valence-electron chi connectivity index (χ1n) is 11.0. The van der Waals surface area contributed by atoms with Gasteiger partial charge in [-0.05, 0) is 60.8 Å². The summed E-state index contributed by atoms with van der Waals surface area (Å²) in [5.74, 6) is -0.551. The molecule has 2 saturated heterocycles. The van der Waals surface area contributed by atoms with Gasteiger partial charge in [0.1, 0.15) is 11.1 Å². The van der Waals surface area contributed by atoms with Crippen LogP contribution in [0.25, 0.3) is 17.0 Å². The summed E-state index contributed by atoms with van der Waals surface area (Å²) in [4.78, 5) is 33.3. The summed E-state index contributed by atoms with van der Waals surface area (Å²) in [5.41, 5.74) is 1.23. The van der Waals surface area contributed by atoms with Gasteiger partial charge in [-0.3, -0.25) is 9.78 Å². The minimum absolute atomic E-state index is 0.0901. The predicted molar refractivity (Wildman–Crippen MR) is 129 cm³/mol. The number of nitriles is 1. The third-order valence-electron chi connectivity index (χ3n) is 6.50. The van der Waals surface area contributed by atoms with Crippen molar-refractivity contribution in [2.45, 2.75) is 44.9 Å². The van der Waals surface area contributed by atoms with E-state index in [-0.39, 0.29) is 46.5 Å². The molecule has 6 rings (SSSR count). The number of hydrogen-bond donors (Lipinski definition) is 1. The standard InChI is InChI=1S/C24H23BrFN5O3/c1-24(2,3)34-23(33)30-10-13-8-16(30)21(13)31-11-17(32)29-15-9-28-20-14(22(15)31)7-12(5-4-6-27)18(25)19(20)26/h4-5,7,9,13,16,21H,8,10-11H2,1-3H3,(H,29,32)/b5-4+. The number of fused-ring (bicyclic) bond motifs is 4. The number of carbonyl (C=O) groups is 2. The number of anilines is 2. The van der Waals surface area contributed by atoms with Crippen LogP contribution in [0.5, 0.6) is 0 Å². The van der Waals surface area contributed by atoms with Crippen LogP contribution in [0.15, 0.2) is 22.8 Å². The molecular weight excluding hydrogens is 505 g/mol. The first kappa shape index (κ1) is 22.6. The van der Waals surface area contributed by atoms with Crippen LogP contribution >= 0.6 is 15.9 Å². The molecule has 3 atom stereocenters. The molecular formula is C24H23BrFN5O3. The lowest BCUT2D eigenvalue weighted by Gasteiger charge is -2.47. The van der Waals surface area contributed by atoms with Crippen molar-refractivity contribution in [2.24, 2.45) is 5.92 Å². The minimum Gasteiger partial charge on any atom is -0.444 e. The summed E-state index contributed by atoms with van der Waals surface area (Å²) < 4.78 is 21.0. The Hall–Kier alpha value is -3.19. The van der Waals surface area contributed by atoms with Crippen LogP contribution < -0.4 is 10.2 Å². The number of pyridine rings is 1. The fraction of sp³-hybridized carbons (Fsp3) is 0.417. The zero-order valence-electron chi connectivity index (χ0n) is 18.9. The Morgan fingerprint density at radius 2 is 2.21 bits per heavy atom. The van der Waals surface area contributed by atoms with Gasteiger partial charge in [0.05, 0.1) is 46.7 Å². The van der Waals surface area contributed by atoms with Crippen LogP contribution in [-0.2, 0) is 9.53 Å². The molecule has 1 aromatic heterocycles. The van der Waals surface area contributed by atoms with Gasteiger partial charge in [-0.25, -0.2) is 9.18 Å². The Kier molecular flexibility index (Phi) is 5.28. The fourth-order valence-electron chi connectivity index (χ4n) is 5.19. The lowest BCUT2D eigenvalue weighted by molar-refractivity contribution is -0.115. The molecule has 10 heteroatoms. The maximum absolute atomic E-state index is 15.2. The van der Waals surface area contributed by atoms with Crippen LogP contribution in [-0.4, -0.2) is 52.7 Å². The monoisotopic (exact) mass is 527 g/mol. The number of allylic oxidation sites excluding steroid dienone is 1. The van der Waals surface area contributed by atoms with Gasteiger partial charge in [-0.1, -0.05) is 0 Å². The maximum Gasteiger partial charge on any atom is 0.410 e. The number of aromatic nitrogens is 1. The van der Waals surface area contributed by atoms with E-state index in [1.165, 1.54) is 18.3 Å². The molecule has 176 valence electrons. The number of ether oxygens (including phenoxy) is 1. The minimum atomic E-state index is -0.600. The van der Waals surface area contributed by atoms with Crippen molar-refractivity contribution in [2.75, 3.05) is 23.3 Å². The zero-order chi connectivity index (χ0) is 24.4. The third kappa shape index (κ3) is 3.59. The molecule has 1 aliphatic carbocycles. The summed E-state index contributed by atoms with van der Waals surface area (Å²) in [7, 11) is 0. The highest BCUT2D eigenvalue weighted by molar-refractivity contribution is 9.10. The Morgan fingerprint density at radius 3 is 2.91 bits per heavy atom. The van der Waals surface area contributed by atoms with Crippen molar-refractivity contribution in [1.82, 2.24) is 9.88 Å². The quantitative estimate of drug-likeness (QED) is 0.579. The van der Waals surface area contributed by atoms with Gasteiger partial charge in [-0.15, -0.1) is 0 Å². The molecule has 3 unspecified atom stereocenters. The summed E-state index contributed by atoms with van der Waals surface area (Å²) >= 11 is 3.27. The zero-order valence-corrected chi connectivity index (χ0v) is 20.5. The van der Waals surface area contributed by atoms with Crippen molar-refractivity contribution in [1.29, 1.82) is 5.26 Å². The molecule has 3 aliphatic heterocycles. The van der Waals surface area contributed by atoms with Gasteiger partial charge in [0.15, 0.2) is 5.82 Å². The lowest BCUT2D eigenvalue weighted by atomic mass is 9.78. The van der Waals surface area contributed by atoms with Gasteiger partial charge >= 0.3 is 6.09 Å². The summed E-state index contributed by atoms with van der Waals surface area (Å²) in [5, 5.41) is 12.3. The van der Waals surface area contributed by atoms with Gasteiger partial charge < -0.3 is 19.9 Å². The van der Waals surface area contributed by atoms with E-state index in [0.29, 0.717) is 28.9 Å². The second-order valence-electron chi connectivity index (χ2n) is 9.84. The number of halogens is 2. The normalized spacial score (nSPS) is 23.5. The largest absolute Gasteiger partial charge is 0.444 e. The van der Waals surface area contributed by atoms with Crippen molar-refractivity contribution >= 4 is 56.3 Å². The molecule has 2 bridgehead atoms. The number of amides is 2. The van der Waals surface area contributed by atoms with E-state index < -0.39 is 11.4 Å². The highest BCUT2D eigenvalue weighted by Crippen LogP contribution is 2.49. The molecule has 8 nitrogen and oxygen atoms in total. The Labute approximate surface area is 204 Å². The Balaban J connectivity index is 1.58. The van der Waals surface area contributed by atoms with Crippen LogP contribution in [0.3, 0.4) is 0 Å². The molecule has 2 amide bonds. The van der Waals surface area contributed by atoms with E-state index in [4.69, 9.17) is 10.00 Å². The van der Waals surface area contributed by atoms with E-state index in [9.17, 15) is 9.59 Å². The Bertz CT molecular complexity index is 1300. The van der Waals surface area contributed by atoms with Gasteiger partial charge in [0.25, 0.3) is 0 Å². The maximum atomic E-state index is 15.2. The van der Waals surface area contributed by atoms with Gasteiger partial charge in [0, 0.05) is 23.9 Å². The van der Waals surface area contributed by atoms with E-state index in [1.54, 1.807) is 11.0 Å². The van der Waals surface area contributed by atoms with Crippen molar-refractivity contribution in [3.63, 3.8) is 0 Å². The number of benzene rings is 1. The fourth-order valence-corrected chi connectivity index (χ4v) is 5.62. The smallest absolute Gasteiger partial charge is 0.410 e. The number of nitrogens with zero attached hydrogens (tertiary/aromatic N) is 4. The molecule has 1 aromatic carbocycles. The summed E-state index contributed by atoms with van der Waals surface area (Å²) in [6, 6.07) is 3.49. The molecule has 1 saturated carbocycles. The number of nitrogens with one attached hydrogen (secondary N) is 1. The van der Waals surface area contributed by atoms with Crippen LogP contribution in [0.1, 0.15) is 32.8 Å². The molecule has 0 radical (unpaired) electrons. The number of hydrogen-bond acceptors (Lipinski definition) is 6. The first-order chi connectivity index (χ1) is 16.1. The average molecular weight is 528 g/mol. The first-order valence-corrected chi connectivity index (χ1v) is 11.8. The van der Waals surface area contributed by atoms with Crippen molar-refractivity contribution in [3.05, 3.63) is 34.2 Å². The topological polar surface area (TPSA) is 98.6 Å². The van der Waals surface area contributed by atoms with Crippen LogP contribution in [0, 0.1) is 23.1 Å². The van der Waals surface area contributed by atoms with Gasteiger partial charge in [0.2, 0.25) is 5.91 Å². The predicted octanol–water partition coefficient (Wildman–Crippen LogP) is 4.44. The molecule has 1 N–H and O–H groups in total. The van der Waals surface area contributed by atoms with Crippen LogP contribution in [0.2, 0.25) is 0 Å². The highest BCUT2D eigenvalue weighted by atomic mass is 79.9. The van der Waals surface area contributed by atoms with Crippen molar-refractivity contribution in [3.8, 4) is 6.07 Å². The average Bonchev–Trinajstić information content (AvgIpc) is 3.34. The third-order valence-corrected chi connectivity index (χ3v) is 7.30. The lowest BCUT2D eigenvalue weighted by Crippen LogP contribution is -2.58. The molecule has 3 fully saturated rings. The van der Waals surface area contributed by atoms with E-state index >= 15 is 4.39 Å². The molecule has 4 aliphatic rings. The Morgan fingerprint density at radius 1 is 1.44 bits per heavy atom. The number of carbonyl (C=O) groups excluding carboxylic acids is 2. The summed E-state index contributed by atoms with van der Waals surface area (Å²) in [6.45, 7) is 6.14. The summed E-state index contributed by atoms with van der Waals surface area (Å²) in [6.07, 6.45) is 4.74. The molecule has 2 aromatic rings. The highest BCUT2D eigenvalue weighted by Gasteiger charge is 2.58. The van der Waals surface area contributed by atoms with Crippen molar-refractivity contribution < 1.29 is 18.7 Å². The second kappa shape index (κ2) is 7.94. The second-order valence-corrected chi connectivity index (χ2v) is 10.6. The van der Waals surface area contributed by atoms with E-state index in [1.807, 2.05) is 31.7 Å². The molecule has 4 heterocycles. The van der Waals surface area contributed by atoms with Crippen LogP contribution in [0.4, 0.5) is 20.6 Å².